The Kier molecular flexibility index (Phi) is 8.96. The minimum Gasteiger partial charge on any atom is -0.0622 e. The first kappa shape index (κ1) is 37.9. The molecule has 13 aromatic rings. The lowest BCUT2D eigenvalue weighted by molar-refractivity contribution is 1.57. The van der Waals surface area contributed by atoms with Crippen LogP contribution in [0.5, 0.6) is 0 Å². The first-order chi connectivity index (χ1) is 32.7. The van der Waals surface area contributed by atoms with Crippen LogP contribution in [-0.2, 0) is 0 Å². The first-order valence-electron chi connectivity index (χ1n) is 22.9. The summed E-state index contributed by atoms with van der Waals surface area (Å²) in [4.78, 5) is 0. The molecule has 0 aliphatic carbocycles. The molecule has 306 valence electrons. The fraction of sp³-hybridized carbons (Fsp3) is 0. The third-order valence-corrected chi connectivity index (χ3v) is 13.8. The molecule has 0 aromatic heterocycles. The fourth-order valence-electron chi connectivity index (χ4n) is 10.4. The number of fused-ring (bicyclic) bond motifs is 9. The topological polar surface area (TPSA) is 0 Å². The number of rotatable bonds is 6. The van der Waals surface area contributed by atoms with E-state index in [0.29, 0.717) is 0 Å². The van der Waals surface area contributed by atoms with E-state index in [1.165, 1.54) is 131 Å². The van der Waals surface area contributed by atoms with Gasteiger partial charge in [0.15, 0.2) is 0 Å². The Balaban J connectivity index is 0.793. The molecule has 0 aliphatic rings. The van der Waals surface area contributed by atoms with Gasteiger partial charge in [0, 0.05) is 0 Å². The minimum atomic E-state index is 1.22. The van der Waals surface area contributed by atoms with Crippen LogP contribution in [0.25, 0.3) is 131 Å². The van der Waals surface area contributed by atoms with Crippen LogP contribution in [0.4, 0.5) is 0 Å². The van der Waals surface area contributed by atoms with Crippen molar-refractivity contribution >= 4 is 64.6 Å². The largest absolute Gasteiger partial charge is 0.0622 e. The predicted octanol–water partition coefficient (Wildman–Crippen LogP) is 18.6. The Hall–Kier alpha value is -8.58. The van der Waals surface area contributed by atoms with E-state index in [1.807, 2.05) is 0 Å². The lowest BCUT2D eigenvalue weighted by atomic mass is 9.91. The van der Waals surface area contributed by atoms with Gasteiger partial charge in [0.05, 0.1) is 0 Å². The van der Waals surface area contributed by atoms with E-state index in [0.717, 1.165) is 0 Å². The van der Waals surface area contributed by atoms with Crippen molar-refractivity contribution in [2.45, 2.75) is 0 Å². The van der Waals surface area contributed by atoms with Gasteiger partial charge in [-0.3, -0.25) is 0 Å². The molecule has 0 heteroatoms. The van der Waals surface area contributed by atoms with E-state index in [9.17, 15) is 0 Å². The molecule has 0 radical (unpaired) electrons. The van der Waals surface area contributed by atoms with Crippen molar-refractivity contribution in [3.63, 3.8) is 0 Å². The average Bonchev–Trinajstić information content (AvgIpc) is 3.40. The van der Waals surface area contributed by atoms with Gasteiger partial charge in [0.1, 0.15) is 0 Å². The van der Waals surface area contributed by atoms with Crippen LogP contribution in [0.3, 0.4) is 0 Å². The van der Waals surface area contributed by atoms with Gasteiger partial charge in [-0.15, -0.1) is 0 Å². The van der Waals surface area contributed by atoms with Crippen LogP contribution < -0.4 is 0 Å². The monoisotopic (exact) mass is 834 g/mol. The quantitative estimate of drug-likeness (QED) is 0.146. The molecule has 13 aromatic carbocycles. The van der Waals surface area contributed by atoms with Gasteiger partial charge in [-0.25, -0.2) is 0 Å². The van der Waals surface area contributed by atoms with Gasteiger partial charge < -0.3 is 0 Å². The molecule has 0 unspecified atom stereocenters. The highest BCUT2D eigenvalue weighted by Crippen LogP contribution is 2.39. The van der Waals surface area contributed by atoms with Crippen molar-refractivity contribution in [2.24, 2.45) is 0 Å². The summed E-state index contributed by atoms with van der Waals surface area (Å²) in [5, 5.41) is 15.2. The fourth-order valence-corrected chi connectivity index (χ4v) is 10.4. The van der Waals surface area contributed by atoms with Gasteiger partial charge in [-0.05, 0) is 180 Å². The highest BCUT2D eigenvalue weighted by atomic mass is 14.2. The van der Waals surface area contributed by atoms with E-state index < -0.39 is 0 Å². The van der Waals surface area contributed by atoms with Gasteiger partial charge in [-0.2, -0.15) is 0 Å². The number of hydrogen-bond donors (Lipinski definition) is 0. The van der Waals surface area contributed by atoms with Crippen LogP contribution >= 0.6 is 0 Å². The molecule has 0 N–H and O–H groups in total. The minimum absolute atomic E-state index is 1.22. The van der Waals surface area contributed by atoms with E-state index in [1.54, 1.807) is 0 Å². The van der Waals surface area contributed by atoms with Crippen LogP contribution in [0, 0.1) is 0 Å². The second-order valence-corrected chi connectivity index (χ2v) is 17.7. The molecule has 0 bridgehead atoms. The summed E-state index contributed by atoms with van der Waals surface area (Å²) in [5.74, 6) is 0. The third-order valence-electron chi connectivity index (χ3n) is 13.8. The molecule has 0 aliphatic heterocycles. The van der Waals surface area contributed by atoms with Gasteiger partial charge in [0.25, 0.3) is 0 Å². The lowest BCUT2D eigenvalue weighted by Gasteiger charge is -2.13. The second-order valence-electron chi connectivity index (χ2n) is 17.7. The summed E-state index contributed by atoms with van der Waals surface area (Å²) < 4.78 is 0. The second kappa shape index (κ2) is 15.6. The summed E-state index contributed by atoms with van der Waals surface area (Å²) in [5.41, 5.74) is 14.7. The SMILES string of the molecule is c1ccc(-c2cc(-c3ccccc3)cc(-c3ccc4c(ccc5cc(-c6ccc7c(ccc8cc(-c9ccc(-c%10cc%11ccccc%11c%11ccccc%10%11)cc9)ccc87)c6)ccc54)c3)c2)cc1. The van der Waals surface area contributed by atoms with Crippen LogP contribution in [0.2, 0.25) is 0 Å². The summed E-state index contributed by atoms with van der Waals surface area (Å²) in [6, 6.07) is 94.1. The normalized spacial score (nSPS) is 11.6. The smallest absolute Gasteiger partial charge is 0.00990 e. The molecule has 66 heavy (non-hydrogen) atoms. The van der Waals surface area contributed by atoms with Crippen molar-refractivity contribution in [3.05, 3.63) is 255 Å². The zero-order chi connectivity index (χ0) is 43.6. The van der Waals surface area contributed by atoms with Crippen molar-refractivity contribution in [2.75, 3.05) is 0 Å². The molecule has 13 rings (SSSR count). The van der Waals surface area contributed by atoms with Crippen molar-refractivity contribution in [1.29, 1.82) is 0 Å². The lowest BCUT2D eigenvalue weighted by Crippen LogP contribution is -1.87. The Morgan fingerprint density at radius 2 is 0.439 bits per heavy atom. The molecule has 0 atom stereocenters. The standard InChI is InChI=1S/C66H42/c1-3-11-43(12-4-1)56-39-57(44-13-5-2-6-14-44)41-58(40-56)50-30-34-63-55(38-50)26-25-54-37-49(29-33-62(54)63)48-28-32-61-53(36-48)24-23-52-35-47(27-31-60(52)61)45-19-21-46(22-20-45)66-42-51-15-7-8-16-59(51)64-17-9-10-18-65(64)66/h1-42H. The van der Waals surface area contributed by atoms with E-state index in [-0.39, 0.29) is 0 Å². The van der Waals surface area contributed by atoms with E-state index in [4.69, 9.17) is 0 Å². The van der Waals surface area contributed by atoms with Crippen molar-refractivity contribution < 1.29 is 0 Å². The maximum Gasteiger partial charge on any atom is -0.00990 e. The van der Waals surface area contributed by atoms with Crippen molar-refractivity contribution in [3.8, 4) is 66.8 Å². The first-order valence-corrected chi connectivity index (χ1v) is 22.9. The molecule has 0 amide bonds. The van der Waals surface area contributed by atoms with Gasteiger partial charge in [-0.1, -0.05) is 206 Å². The molecule has 0 spiro atoms. The Bertz CT molecular complexity index is 3950. The molecule has 0 saturated heterocycles. The van der Waals surface area contributed by atoms with E-state index in [2.05, 4.69) is 255 Å². The molecule has 0 heterocycles. The van der Waals surface area contributed by atoms with Crippen LogP contribution in [0.15, 0.2) is 255 Å². The molecular formula is C66H42. The molecule has 0 nitrogen and oxygen atoms in total. The maximum atomic E-state index is 2.35. The van der Waals surface area contributed by atoms with E-state index >= 15 is 0 Å². The maximum absolute atomic E-state index is 2.35. The third kappa shape index (κ3) is 6.62. The van der Waals surface area contributed by atoms with Gasteiger partial charge in [0.2, 0.25) is 0 Å². The summed E-state index contributed by atoms with van der Waals surface area (Å²) in [6.07, 6.45) is 0. The Labute approximate surface area is 384 Å². The molecular weight excluding hydrogens is 793 g/mol. The summed E-state index contributed by atoms with van der Waals surface area (Å²) in [6.45, 7) is 0. The van der Waals surface area contributed by atoms with Crippen LogP contribution in [-0.4, -0.2) is 0 Å². The Morgan fingerprint density at radius 1 is 0.136 bits per heavy atom. The zero-order valence-electron chi connectivity index (χ0n) is 36.2. The highest BCUT2D eigenvalue weighted by Gasteiger charge is 2.13. The Morgan fingerprint density at radius 3 is 0.924 bits per heavy atom. The summed E-state index contributed by atoms with van der Waals surface area (Å²) >= 11 is 0. The van der Waals surface area contributed by atoms with Crippen molar-refractivity contribution in [1.82, 2.24) is 0 Å². The highest BCUT2D eigenvalue weighted by molar-refractivity contribution is 6.14. The van der Waals surface area contributed by atoms with Crippen LogP contribution in [0.1, 0.15) is 0 Å². The molecule has 0 saturated carbocycles. The number of benzene rings is 13. The average molecular weight is 835 g/mol. The molecule has 0 fully saturated rings. The number of hydrogen-bond acceptors (Lipinski definition) is 0. The zero-order valence-corrected chi connectivity index (χ0v) is 36.2. The summed E-state index contributed by atoms with van der Waals surface area (Å²) in [7, 11) is 0. The predicted molar refractivity (Wildman–Crippen MR) is 284 cm³/mol. The van der Waals surface area contributed by atoms with Gasteiger partial charge >= 0.3 is 0 Å².